The zero-order valence-electron chi connectivity index (χ0n) is 9.44. The molecule has 0 bridgehead atoms. The van der Waals surface area contributed by atoms with Gasteiger partial charge >= 0.3 is 12.0 Å². The second kappa shape index (κ2) is 4.97. The number of carbonyl (C=O) groups is 1. The molecular formula is C11H10ClN3O3. The van der Waals surface area contributed by atoms with Gasteiger partial charge < -0.3 is 20.2 Å². The monoisotopic (exact) mass is 267 g/mol. The van der Waals surface area contributed by atoms with Gasteiger partial charge in [0.2, 0.25) is 11.6 Å². The summed E-state index contributed by atoms with van der Waals surface area (Å²) in [4.78, 5) is 15.2. The van der Waals surface area contributed by atoms with E-state index in [9.17, 15) is 4.79 Å². The second-order valence-corrected chi connectivity index (χ2v) is 3.80. The normalized spacial score (nSPS) is 10.1. The number of hydrogen-bond donors (Lipinski definition) is 2. The third-order valence-corrected chi connectivity index (χ3v) is 2.34. The van der Waals surface area contributed by atoms with Gasteiger partial charge in [-0.1, -0.05) is 17.7 Å². The number of anilines is 3. The number of benzene rings is 1. The summed E-state index contributed by atoms with van der Waals surface area (Å²) in [7, 11) is 1.24. The molecule has 0 aliphatic rings. The van der Waals surface area contributed by atoms with E-state index >= 15 is 0 Å². The maximum atomic E-state index is 11.3. The molecule has 2 aromatic rings. The molecule has 6 nitrogen and oxygen atoms in total. The highest BCUT2D eigenvalue weighted by Gasteiger charge is 2.18. The van der Waals surface area contributed by atoms with Gasteiger partial charge in [0.15, 0.2) is 0 Å². The first-order valence-electron chi connectivity index (χ1n) is 4.97. The molecule has 1 aromatic heterocycles. The molecule has 0 amide bonds. The highest BCUT2D eigenvalue weighted by Crippen LogP contribution is 2.23. The van der Waals surface area contributed by atoms with E-state index in [4.69, 9.17) is 21.8 Å². The number of hydrogen-bond acceptors (Lipinski definition) is 6. The van der Waals surface area contributed by atoms with Crippen LogP contribution in [-0.2, 0) is 4.74 Å². The highest BCUT2D eigenvalue weighted by molar-refractivity contribution is 6.30. The third-order valence-electron chi connectivity index (χ3n) is 2.11. The summed E-state index contributed by atoms with van der Waals surface area (Å²) < 4.78 is 9.60. The molecule has 0 saturated heterocycles. The van der Waals surface area contributed by atoms with Crippen LogP contribution < -0.4 is 11.1 Å². The van der Waals surface area contributed by atoms with E-state index in [2.05, 4.69) is 15.0 Å². The molecule has 2 rings (SSSR count). The first-order valence-corrected chi connectivity index (χ1v) is 5.35. The first kappa shape index (κ1) is 12.3. The molecule has 1 aromatic carbocycles. The van der Waals surface area contributed by atoms with Gasteiger partial charge in [-0.25, -0.2) is 4.79 Å². The lowest BCUT2D eigenvalue weighted by Gasteiger charge is -2.00. The second-order valence-electron chi connectivity index (χ2n) is 3.36. The zero-order chi connectivity index (χ0) is 13.1. The summed E-state index contributed by atoms with van der Waals surface area (Å²) in [6, 6.07) is 7.04. The van der Waals surface area contributed by atoms with E-state index in [1.165, 1.54) is 7.11 Å². The van der Waals surface area contributed by atoms with Gasteiger partial charge in [0.05, 0.1) is 7.11 Å². The van der Waals surface area contributed by atoms with E-state index in [0.717, 1.165) is 0 Å². The third kappa shape index (κ3) is 2.54. The fourth-order valence-electron chi connectivity index (χ4n) is 1.32. The quantitative estimate of drug-likeness (QED) is 0.830. The number of carbonyl (C=O) groups excluding carboxylic acids is 1. The number of esters is 1. The predicted molar refractivity (Wildman–Crippen MR) is 67.0 cm³/mol. The smallest absolute Gasteiger partial charge is 0.362 e. The van der Waals surface area contributed by atoms with Crippen molar-refractivity contribution in [2.45, 2.75) is 0 Å². The number of halogens is 1. The standard InChI is InChI=1S/C11H10ClN3O3/c1-17-10(16)8-9(13)18-11(15-8)14-7-4-2-3-6(12)5-7/h2-5H,13H2,1H3,(H,14,15). The van der Waals surface area contributed by atoms with Crippen molar-refractivity contribution >= 4 is 35.2 Å². The van der Waals surface area contributed by atoms with E-state index in [1.54, 1.807) is 24.3 Å². The van der Waals surface area contributed by atoms with Crippen LogP contribution in [0.4, 0.5) is 17.6 Å². The van der Waals surface area contributed by atoms with E-state index in [-0.39, 0.29) is 17.6 Å². The van der Waals surface area contributed by atoms with E-state index in [1.807, 2.05) is 0 Å². The number of ether oxygens (including phenoxy) is 1. The largest absolute Gasteiger partial charge is 0.464 e. The van der Waals surface area contributed by atoms with Gasteiger partial charge in [-0.05, 0) is 18.2 Å². The van der Waals surface area contributed by atoms with Crippen molar-refractivity contribution in [2.24, 2.45) is 0 Å². The topological polar surface area (TPSA) is 90.4 Å². The van der Waals surface area contributed by atoms with Gasteiger partial charge in [-0.2, -0.15) is 4.98 Å². The Labute approximate surface area is 108 Å². The van der Waals surface area contributed by atoms with Crippen LogP contribution in [0.1, 0.15) is 10.5 Å². The van der Waals surface area contributed by atoms with Crippen LogP contribution in [0.25, 0.3) is 0 Å². The zero-order valence-corrected chi connectivity index (χ0v) is 10.2. The Morgan fingerprint density at radius 2 is 2.33 bits per heavy atom. The maximum Gasteiger partial charge on any atom is 0.362 e. The molecule has 0 saturated carbocycles. The molecular weight excluding hydrogens is 258 g/mol. The van der Waals surface area contributed by atoms with Crippen molar-refractivity contribution in [1.29, 1.82) is 0 Å². The van der Waals surface area contributed by atoms with Crippen molar-refractivity contribution < 1.29 is 13.9 Å². The van der Waals surface area contributed by atoms with Crippen LogP contribution in [0.2, 0.25) is 5.02 Å². The average Bonchev–Trinajstić information content (AvgIpc) is 2.69. The van der Waals surface area contributed by atoms with Crippen molar-refractivity contribution in [3.63, 3.8) is 0 Å². The van der Waals surface area contributed by atoms with Gasteiger partial charge in [0, 0.05) is 10.7 Å². The highest BCUT2D eigenvalue weighted by atomic mass is 35.5. The molecule has 94 valence electrons. The number of rotatable bonds is 3. The number of oxazole rings is 1. The minimum atomic E-state index is -0.657. The molecule has 0 atom stereocenters. The van der Waals surface area contributed by atoms with Crippen LogP contribution in [0, 0.1) is 0 Å². The van der Waals surface area contributed by atoms with Crippen LogP contribution in [0.5, 0.6) is 0 Å². The molecule has 0 aliphatic carbocycles. The first-order chi connectivity index (χ1) is 8.60. The lowest BCUT2D eigenvalue weighted by atomic mass is 10.3. The molecule has 3 N–H and O–H groups in total. The number of methoxy groups -OCH3 is 1. The molecule has 0 aliphatic heterocycles. The average molecular weight is 268 g/mol. The molecule has 0 fully saturated rings. The lowest BCUT2D eigenvalue weighted by Crippen LogP contribution is -2.04. The number of aromatic nitrogens is 1. The van der Waals surface area contributed by atoms with Crippen LogP contribution in [0.3, 0.4) is 0 Å². The fourth-order valence-corrected chi connectivity index (χ4v) is 1.51. The molecule has 0 radical (unpaired) electrons. The van der Waals surface area contributed by atoms with Crippen LogP contribution in [-0.4, -0.2) is 18.1 Å². The summed E-state index contributed by atoms with van der Waals surface area (Å²) in [6.45, 7) is 0. The summed E-state index contributed by atoms with van der Waals surface area (Å²) in [6.07, 6.45) is 0. The van der Waals surface area contributed by atoms with E-state index < -0.39 is 5.97 Å². The molecule has 0 spiro atoms. The minimum Gasteiger partial charge on any atom is -0.464 e. The summed E-state index contributed by atoms with van der Waals surface area (Å²) in [5.41, 5.74) is 6.10. The lowest BCUT2D eigenvalue weighted by molar-refractivity contribution is 0.0595. The Hall–Kier alpha value is -2.21. The Balaban J connectivity index is 2.23. The number of nitrogen functional groups attached to an aromatic ring is 1. The fraction of sp³-hybridized carbons (Fsp3) is 0.0909. The molecule has 7 heteroatoms. The van der Waals surface area contributed by atoms with Crippen molar-refractivity contribution in [3.8, 4) is 0 Å². The Morgan fingerprint density at radius 1 is 1.56 bits per heavy atom. The summed E-state index contributed by atoms with van der Waals surface area (Å²) >= 11 is 5.83. The van der Waals surface area contributed by atoms with Crippen LogP contribution in [0.15, 0.2) is 28.7 Å². The van der Waals surface area contributed by atoms with Crippen molar-refractivity contribution in [1.82, 2.24) is 4.98 Å². The number of nitrogens with zero attached hydrogens (tertiary/aromatic N) is 1. The summed E-state index contributed by atoms with van der Waals surface area (Å²) in [5, 5.41) is 3.40. The van der Waals surface area contributed by atoms with Gasteiger partial charge in [0.25, 0.3) is 0 Å². The minimum absolute atomic E-state index is 0.0676. The number of nitrogens with one attached hydrogen (secondary N) is 1. The Morgan fingerprint density at radius 3 is 3.00 bits per heavy atom. The molecule has 0 unspecified atom stereocenters. The van der Waals surface area contributed by atoms with Crippen molar-refractivity contribution in [2.75, 3.05) is 18.2 Å². The number of nitrogens with two attached hydrogens (primary N) is 1. The molecule has 18 heavy (non-hydrogen) atoms. The van der Waals surface area contributed by atoms with Crippen LogP contribution >= 0.6 is 11.6 Å². The van der Waals surface area contributed by atoms with E-state index in [0.29, 0.717) is 10.7 Å². The Kier molecular flexibility index (Phi) is 3.38. The van der Waals surface area contributed by atoms with Gasteiger partial charge in [0.1, 0.15) is 0 Å². The predicted octanol–water partition coefficient (Wildman–Crippen LogP) is 2.44. The SMILES string of the molecule is COC(=O)c1nc(Nc2cccc(Cl)c2)oc1N. The van der Waals surface area contributed by atoms with Gasteiger partial charge in [-0.15, -0.1) is 0 Å². The summed E-state index contributed by atoms with van der Waals surface area (Å²) in [5.74, 6) is -0.762. The van der Waals surface area contributed by atoms with Crippen molar-refractivity contribution in [3.05, 3.63) is 35.0 Å². The van der Waals surface area contributed by atoms with Gasteiger partial charge in [-0.3, -0.25) is 0 Å². The maximum absolute atomic E-state index is 11.3. The Bertz CT molecular complexity index is 583. The molecule has 1 heterocycles.